The van der Waals surface area contributed by atoms with Gasteiger partial charge in [-0.3, -0.25) is 0 Å². The SMILES string of the molecule is CC1(C)C[C@@]2(O)[C@@]3(C)CC[C@@H]1[C@]2(C)C[C@H](O)C3. The normalized spacial score (nSPS) is 60.4. The summed E-state index contributed by atoms with van der Waals surface area (Å²) in [7, 11) is 0. The highest BCUT2D eigenvalue weighted by Crippen LogP contribution is 2.74. The van der Waals surface area contributed by atoms with Gasteiger partial charge in [0, 0.05) is 5.41 Å². The number of aliphatic hydroxyl groups excluding tert-OH is 1. The maximum Gasteiger partial charge on any atom is 0.0764 e. The van der Waals surface area contributed by atoms with E-state index in [1.54, 1.807) is 0 Å². The lowest BCUT2D eigenvalue weighted by atomic mass is 9.46. The van der Waals surface area contributed by atoms with Gasteiger partial charge in [-0.2, -0.15) is 0 Å². The third kappa shape index (κ3) is 1.14. The Morgan fingerprint density at radius 1 is 1.06 bits per heavy atom. The van der Waals surface area contributed by atoms with Crippen molar-refractivity contribution in [2.24, 2.45) is 22.2 Å². The lowest BCUT2D eigenvalue weighted by molar-refractivity contribution is -0.230. The molecule has 0 spiro atoms. The van der Waals surface area contributed by atoms with Gasteiger partial charge in [-0.05, 0) is 48.9 Å². The molecule has 17 heavy (non-hydrogen) atoms. The zero-order chi connectivity index (χ0) is 12.7. The largest absolute Gasteiger partial charge is 0.393 e. The van der Waals surface area contributed by atoms with Crippen molar-refractivity contribution in [1.82, 2.24) is 0 Å². The molecule has 0 saturated heterocycles. The van der Waals surface area contributed by atoms with Crippen molar-refractivity contribution in [3.8, 4) is 0 Å². The third-order valence-electron chi connectivity index (χ3n) is 6.70. The highest BCUT2D eigenvalue weighted by Gasteiger charge is 2.74. The summed E-state index contributed by atoms with van der Waals surface area (Å²) >= 11 is 0. The van der Waals surface area contributed by atoms with Crippen LogP contribution >= 0.6 is 0 Å². The van der Waals surface area contributed by atoms with Gasteiger partial charge in [0.25, 0.3) is 0 Å². The summed E-state index contributed by atoms with van der Waals surface area (Å²) in [6, 6.07) is 0. The fraction of sp³-hybridized carbons (Fsp3) is 1.00. The van der Waals surface area contributed by atoms with E-state index in [4.69, 9.17) is 0 Å². The molecule has 2 heteroatoms. The Bertz CT molecular complexity index is 364. The van der Waals surface area contributed by atoms with Gasteiger partial charge in [-0.25, -0.2) is 0 Å². The maximum absolute atomic E-state index is 11.4. The molecule has 3 rings (SSSR count). The van der Waals surface area contributed by atoms with Crippen LogP contribution in [0, 0.1) is 22.2 Å². The topological polar surface area (TPSA) is 40.5 Å². The summed E-state index contributed by atoms with van der Waals surface area (Å²) in [5.41, 5.74) is -0.512. The second kappa shape index (κ2) is 2.91. The third-order valence-corrected chi connectivity index (χ3v) is 6.70. The van der Waals surface area contributed by atoms with Crippen LogP contribution < -0.4 is 0 Å². The molecule has 0 aromatic carbocycles. The van der Waals surface area contributed by atoms with Gasteiger partial charge in [-0.1, -0.05) is 27.7 Å². The van der Waals surface area contributed by atoms with E-state index in [0.717, 1.165) is 25.7 Å². The van der Waals surface area contributed by atoms with E-state index < -0.39 is 5.60 Å². The molecule has 2 N–H and O–H groups in total. The molecule has 0 radical (unpaired) electrons. The summed E-state index contributed by atoms with van der Waals surface area (Å²) in [4.78, 5) is 0. The van der Waals surface area contributed by atoms with Gasteiger partial charge in [0.1, 0.15) is 0 Å². The highest BCUT2D eigenvalue weighted by atomic mass is 16.3. The zero-order valence-electron chi connectivity index (χ0n) is 11.6. The lowest BCUT2D eigenvalue weighted by Gasteiger charge is -2.62. The van der Waals surface area contributed by atoms with Crippen LogP contribution in [-0.2, 0) is 0 Å². The predicted octanol–water partition coefficient (Wildman–Crippen LogP) is 2.72. The van der Waals surface area contributed by atoms with Crippen LogP contribution in [0.15, 0.2) is 0 Å². The standard InChI is InChI=1S/C15H26O2/c1-12(2)9-15(17)13(3)6-5-11(12)14(15,4)8-10(16)7-13/h10-11,16-17H,5-9H2,1-4H3/t10-,11+,13+,14+,15-/m1/s1. The predicted molar refractivity (Wildman–Crippen MR) is 67.5 cm³/mol. The Morgan fingerprint density at radius 2 is 1.71 bits per heavy atom. The minimum absolute atomic E-state index is 0.0797. The molecule has 0 aromatic heterocycles. The van der Waals surface area contributed by atoms with Crippen LogP contribution in [0.1, 0.15) is 59.8 Å². The molecule has 0 aliphatic heterocycles. The van der Waals surface area contributed by atoms with Crippen LogP contribution in [-0.4, -0.2) is 21.9 Å². The van der Waals surface area contributed by atoms with Crippen molar-refractivity contribution in [1.29, 1.82) is 0 Å². The highest BCUT2D eigenvalue weighted by molar-refractivity contribution is 5.23. The Morgan fingerprint density at radius 3 is 2.35 bits per heavy atom. The first-order valence-corrected chi connectivity index (χ1v) is 7.05. The molecule has 5 atom stereocenters. The van der Waals surface area contributed by atoms with E-state index in [0.29, 0.717) is 5.92 Å². The molecule has 2 nitrogen and oxygen atoms in total. The Hall–Kier alpha value is -0.0800. The van der Waals surface area contributed by atoms with Crippen molar-refractivity contribution in [2.45, 2.75) is 71.5 Å². The Balaban J connectivity index is 2.17. The monoisotopic (exact) mass is 238 g/mol. The summed E-state index contributed by atoms with van der Waals surface area (Å²) in [5, 5.41) is 21.5. The van der Waals surface area contributed by atoms with E-state index in [1.807, 2.05) is 0 Å². The first-order chi connectivity index (χ1) is 7.65. The molecule has 0 amide bonds. The van der Waals surface area contributed by atoms with E-state index in [2.05, 4.69) is 27.7 Å². The summed E-state index contributed by atoms with van der Waals surface area (Å²) in [5.74, 6) is 0.558. The summed E-state index contributed by atoms with van der Waals surface area (Å²) in [6.45, 7) is 9.03. The average molecular weight is 238 g/mol. The number of hydrogen-bond donors (Lipinski definition) is 2. The molecule has 98 valence electrons. The summed E-state index contributed by atoms with van der Waals surface area (Å²) < 4.78 is 0. The van der Waals surface area contributed by atoms with Gasteiger partial charge in [-0.15, -0.1) is 0 Å². The van der Waals surface area contributed by atoms with E-state index in [-0.39, 0.29) is 22.3 Å². The van der Waals surface area contributed by atoms with Crippen LogP contribution in [0.2, 0.25) is 0 Å². The Kier molecular flexibility index (Phi) is 2.05. The van der Waals surface area contributed by atoms with Crippen molar-refractivity contribution >= 4 is 0 Å². The second-order valence-electron chi connectivity index (χ2n) is 8.16. The Labute approximate surface area is 104 Å². The lowest BCUT2D eigenvalue weighted by Crippen LogP contribution is -2.64. The minimum atomic E-state index is -0.564. The van der Waals surface area contributed by atoms with Crippen LogP contribution in [0.3, 0.4) is 0 Å². The molecule has 3 fully saturated rings. The van der Waals surface area contributed by atoms with Gasteiger partial charge in [0.05, 0.1) is 11.7 Å². The van der Waals surface area contributed by atoms with Crippen LogP contribution in [0.4, 0.5) is 0 Å². The minimum Gasteiger partial charge on any atom is -0.393 e. The molecular weight excluding hydrogens is 212 g/mol. The zero-order valence-corrected chi connectivity index (χ0v) is 11.6. The van der Waals surface area contributed by atoms with Crippen molar-refractivity contribution in [3.63, 3.8) is 0 Å². The van der Waals surface area contributed by atoms with Crippen molar-refractivity contribution < 1.29 is 10.2 Å². The average Bonchev–Trinajstić information content (AvgIpc) is 2.19. The number of hydrogen-bond acceptors (Lipinski definition) is 2. The number of aliphatic hydroxyl groups is 2. The molecule has 3 aliphatic carbocycles. The fourth-order valence-corrected chi connectivity index (χ4v) is 6.08. The van der Waals surface area contributed by atoms with E-state index >= 15 is 0 Å². The first kappa shape index (κ1) is 12.0. The van der Waals surface area contributed by atoms with E-state index in [9.17, 15) is 10.2 Å². The first-order valence-electron chi connectivity index (χ1n) is 7.05. The van der Waals surface area contributed by atoms with Crippen molar-refractivity contribution in [2.75, 3.05) is 0 Å². The maximum atomic E-state index is 11.4. The van der Waals surface area contributed by atoms with Crippen molar-refractivity contribution in [3.05, 3.63) is 0 Å². The van der Waals surface area contributed by atoms with E-state index in [1.165, 1.54) is 6.42 Å². The molecule has 0 heterocycles. The molecular formula is C15H26O2. The summed E-state index contributed by atoms with van der Waals surface area (Å²) in [6.07, 6.45) is 4.54. The van der Waals surface area contributed by atoms with Gasteiger partial charge < -0.3 is 10.2 Å². The molecule has 3 aliphatic rings. The molecule has 4 bridgehead atoms. The molecule has 3 saturated carbocycles. The van der Waals surface area contributed by atoms with Gasteiger partial charge >= 0.3 is 0 Å². The smallest absolute Gasteiger partial charge is 0.0764 e. The van der Waals surface area contributed by atoms with Gasteiger partial charge in [0.2, 0.25) is 0 Å². The second-order valence-corrected chi connectivity index (χ2v) is 8.16. The fourth-order valence-electron chi connectivity index (χ4n) is 6.08. The van der Waals surface area contributed by atoms with Crippen LogP contribution in [0.5, 0.6) is 0 Å². The molecule has 0 unspecified atom stereocenters. The van der Waals surface area contributed by atoms with Gasteiger partial charge in [0.15, 0.2) is 0 Å². The van der Waals surface area contributed by atoms with Crippen LogP contribution in [0.25, 0.3) is 0 Å². The quantitative estimate of drug-likeness (QED) is 0.681. The number of rotatable bonds is 0. The molecule has 0 aromatic rings.